The SMILES string of the molecule is C[C@H]1CN(C(=O)CN2C(=O)N[C@]3(CCCc4ccccc43)C2=O)C[C@H](C)O1. The van der Waals surface area contributed by atoms with Gasteiger partial charge in [0, 0.05) is 13.1 Å². The monoisotopic (exact) mass is 371 g/mol. The summed E-state index contributed by atoms with van der Waals surface area (Å²) < 4.78 is 5.65. The predicted octanol–water partition coefficient (Wildman–Crippen LogP) is 1.41. The summed E-state index contributed by atoms with van der Waals surface area (Å²) in [6.07, 6.45) is 2.16. The molecule has 144 valence electrons. The zero-order chi connectivity index (χ0) is 19.2. The number of aryl methyl sites for hydroxylation is 1. The molecule has 0 saturated carbocycles. The van der Waals surface area contributed by atoms with Crippen molar-refractivity contribution in [1.82, 2.24) is 15.1 Å². The molecule has 4 rings (SSSR count). The first-order chi connectivity index (χ1) is 12.9. The first-order valence-corrected chi connectivity index (χ1v) is 9.56. The lowest BCUT2D eigenvalue weighted by atomic mass is 9.76. The molecule has 2 fully saturated rings. The van der Waals surface area contributed by atoms with Crippen LogP contribution in [0, 0.1) is 0 Å². The van der Waals surface area contributed by atoms with Gasteiger partial charge in [0.2, 0.25) is 5.91 Å². The molecule has 27 heavy (non-hydrogen) atoms. The van der Waals surface area contributed by atoms with Crippen LogP contribution in [0.15, 0.2) is 24.3 Å². The quantitative estimate of drug-likeness (QED) is 0.797. The van der Waals surface area contributed by atoms with Gasteiger partial charge in [0.05, 0.1) is 12.2 Å². The van der Waals surface area contributed by atoms with Crippen molar-refractivity contribution in [2.75, 3.05) is 19.6 Å². The smallest absolute Gasteiger partial charge is 0.325 e. The fourth-order valence-electron chi connectivity index (χ4n) is 4.57. The second kappa shape index (κ2) is 6.64. The molecule has 2 aliphatic heterocycles. The van der Waals surface area contributed by atoms with Gasteiger partial charge in [-0.05, 0) is 44.2 Å². The van der Waals surface area contributed by atoms with Gasteiger partial charge in [0.1, 0.15) is 12.1 Å². The van der Waals surface area contributed by atoms with Gasteiger partial charge in [0.25, 0.3) is 5.91 Å². The van der Waals surface area contributed by atoms with E-state index in [-0.39, 0.29) is 30.6 Å². The Morgan fingerprint density at radius 1 is 1.22 bits per heavy atom. The van der Waals surface area contributed by atoms with Gasteiger partial charge >= 0.3 is 6.03 Å². The number of benzene rings is 1. The summed E-state index contributed by atoms with van der Waals surface area (Å²) in [5.74, 6) is -0.538. The lowest BCUT2D eigenvalue weighted by molar-refractivity contribution is -0.147. The van der Waals surface area contributed by atoms with E-state index in [9.17, 15) is 14.4 Å². The van der Waals surface area contributed by atoms with Crippen LogP contribution in [-0.4, -0.2) is 59.5 Å². The zero-order valence-corrected chi connectivity index (χ0v) is 15.7. The van der Waals surface area contributed by atoms with Crippen molar-refractivity contribution < 1.29 is 19.1 Å². The van der Waals surface area contributed by atoms with Crippen LogP contribution in [-0.2, 0) is 26.3 Å². The predicted molar refractivity (Wildman–Crippen MR) is 97.9 cm³/mol. The highest BCUT2D eigenvalue weighted by atomic mass is 16.5. The lowest BCUT2D eigenvalue weighted by Crippen LogP contribution is -2.52. The second-order valence-corrected chi connectivity index (χ2v) is 7.79. The van der Waals surface area contributed by atoms with E-state index in [0.717, 1.165) is 28.9 Å². The Balaban J connectivity index is 1.55. The van der Waals surface area contributed by atoms with Crippen LogP contribution >= 0.6 is 0 Å². The third kappa shape index (κ3) is 3.00. The number of morpholine rings is 1. The molecule has 1 aliphatic carbocycles. The third-order valence-corrected chi connectivity index (χ3v) is 5.72. The van der Waals surface area contributed by atoms with E-state index in [1.54, 1.807) is 4.90 Å². The summed E-state index contributed by atoms with van der Waals surface area (Å²) in [4.78, 5) is 41.4. The van der Waals surface area contributed by atoms with E-state index in [2.05, 4.69) is 5.32 Å². The van der Waals surface area contributed by atoms with Crippen LogP contribution < -0.4 is 5.32 Å². The lowest BCUT2D eigenvalue weighted by Gasteiger charge is -2.36. The maximum absolute atomic E-state index is 13.2. The van der Waals surface area contributed by atoms with E-state index in [1.165, 1.54) is 0 Å². The molecule has 7 nitrogen and oxygen atoms in total. The number of nitrogens with zero attached hydrogens (tertiary/aromatic N) is 2. The number of fused-ring (bicyclic) bond motifs is 2. The fourth-order valence-corrected chi connectivity index (χ4v) is 4.57. The molecule has 7 heteroatoms. The summed E-state index contributed by atoms with van der Waals surface area (Å²) in [5.41, 5.74) is 0.914. The van der Waals surface area contributed by atoms with Gasteiger partial charge in [0.15, 0.2) is 0 Å². The van der Waals surface area contributed by atoms with E-state index >= 15 is 0 Å². The van der Waals surface area contributed by atoms with Crippen LogP contribution in [0.25, 0.3) is 0 Å². The van der Waals surface area contributed by atoms with Gasteiger partial charge < -0.3 is 15.0 Å². The van der Waals surface area contributed by atoms with E-state index in [1.807, 2.05) is 38.1 Å². The number of hydrogen-bond donors (Lipinski definition) is 1. The van der Waals surface area contributed by atoms with Gasteiger partial charge in [-0.3, -0.25) is 14.5 Å². The van der Waals surface area contributed by atoms with Crippen molar-refractivity contribution in [2.45, 2.75) is 50.9 Å². The van der Waals surface area contributed by atoms with E-state index in [0.29, 0.717) is 19.5 Å². The van der Waals surface area contributed by atoms with E-state index < -0.39 is 11.6 Å². The van der Waals surface area contributed by atoms with Gasteiger partial charge in [-0.1, -0.05) is 24.3 Å². The molecule has 0 unspecified atom stereocenters. The number of nitrogens with one attached hydrogen (secondary N) is 1. The summed E-state index contributed by atoms with van der Waals surface area (Å²) >= 11 is 0. The minimum Gasteiger partial charge on any atom is -0.372 e. The highest BCUT2D eigenvalue weighted by Crippen LogP contribution is 2.39. The molecule has 3 atom stereocenters. The van der Waals surface area contributed by atoms with Crippen molar-refractivity contribution in [1.29, 1.82) is 0 Å². The molecule has 2 saturated heterocycles. The molecule has 3 aliphatic rings. The molecule has 4 amide bonds. The minimum atomic E-state index is -1.03. The molecular formula is C20H25N3O4. The van der Waals surface area contributed by atoms with Crippen molar-refractivity contribution in [3.05, 3.63) is 35.4 Å². The summed E-state index contributed by atoms with van der Waals surface area (Å²) in [6.45, 7) is 4.55. The molecule has 1 aromatic carbocycles. The molecule has 1 aromatic rings. The number of ether oxygens (including phenoxy) is 1. The fraction of sp³-hybridized carbons (Fsp3) is 0.550. The van der Waals surface area contributed by atoms with Crippen LogP contribution in [0.1, 0.15) is 37.8 Å². The Bertz CT molecular complexity index is 785. The van der Waals surface area contributed by atoms with Gasteiger partial charge in [-0.25, -0.2) is 4.79 Å². The molecule has 1 N–H and O–H groups in total. The minimum absolute atomic E-state index is 0.0580. The Kier molecular flexibility index (Phi) is 4.42. The number of carbonyl (C=O) groups is 3. The number of hydrogen-bond acceptors (Lipinski definition) is 4. The van der Waals surface area contributed by atoms with Crippen LogP contribution in [0.3, 0.4) is 0 Å². The molecule has 0 radical (unpaired) electrons. The standard InChI is InChI=1S/C20H25N3O4/c1-13-10-22(11-14(2)27-13)17(24)12-23-18(25)20(21-19(23)26)9-5-7-15-6-3-4-8-16(15)20/h3-4,6,8,13-14H,5,7,9-12H2,1-2H3,(H,21,26)/t13-,14-,20-/m0/s1. The van der Waals surface area contributed by atoms with Crippen LogP contribution in [0.2, 0.25) is 0 Å². The van der Waals surface area contributed by atoms with Gasteiger partial charge in [-0.2, -0.15) is 0 Å². The first-order valence-electron chi connectivity index (χ1n) is 9.56. The molecule has 1 spiro atoms. The largest absolute Gasteiger partial charge is 0.372 e. The highest BCUT2D eigenvalue weighted by molar-refractivity contribution is 6.09. The summed E-state index contributed by atoms with van der Waals surface area (Å²) in [5, 5.41) is 2.89. The Labute approximate surface area is 158 Å². The van der Waals surface area contributed by atoms with Crippen molar-refractivity contribution >= 4 is 17.8 Å². The molecule has 0 bridgehead atoms. The molecule has 0 aromatic heterocycles. The van der Waals surface area contributed by atoms with Crippen molar-refractivity contribution in [2.24, 2.45) is 0 Å². The normalized spacial score (nSPS) is 30.4. The number of carbonyl (C=O) groups excluding carboxylic acids is 3. The number of rotatable bonds is 2. The Morgan fingerprint density at radius 3 is 2.67 bits per heavy atom. The zero-order valence-electron chi connectivity index (χ0n) is 15.7. The maximum atomic E-state index is 13.2. The number of amides is 4. The maximum Gasteiger partial charge on any atom is 0.325 e. The summed E-state index contributed by atoms with van der Waals surface area (Å²) in [7, 11) is 0. The topological polar surface area (TPSA) is 79.0 Å². The number of imide groups is 1. The number of urea groups is 1. The van der Waals surface area contributed by atoms with Crippen molar-refractivity contribution in [3.8, 4) is 0 Å². The van der Waals surface area contributed by atoms with Gasteiger partial charge in [-0.15, -0.1) is 0 Å². The molecule has 2 heterocycles. The average Bonchev–Trinajstić information content (AvgIpc) is 2.86. The molecular weight excluding hydrogens is 346 g/mol. The summed E-state index contributed by atoms with van der Waals surface area (Å²) in [6, 6.07) is 7.25. The third-order valence-electron chi connectivity index (χ3n) is 5.72. The van der Waals surface area contributed by atoms with Crippen molar-refractivity contribution in [3.63, 3.8) is 0 Å². The Morgan fingerprint density at radius 2 is 1.93 bits per heavy atom. The first kappa shape index (κ1) is 18.0. The second-order valence-electron chi connectivity index (χ2n) is 7.79. The Hall–Kier alpha value is -2.41. The van der Waals surface area contributed by atoms with E-state index in [4.69, 9.17) is 4.74 Å². The van der Waals surface area contributed by atoms with Crippen LogP contribution in [0.4, 0.5) is 4.79 Å². The van der Waals surface area contributed by atoms with Crippen LogP contribution in [0.5, 0.6) is 0 Å². The average molecular weight is 371 g/mol. The highest BCUT2D eigenvalue weighted by Gasteiger charge is 2.54.